The maximum atomic E-state index is 13.0. The Labute approximate surface area is 171 Å². The summed E-state index contributed by atoms with van der Waals surface area (Å²) in [7, 11) is 3.13. The quantitative estimate of drug-likeness (QED) is 0.834. The molecule has 1 saturated heterocycles. The molecule has 6 heteroatoms. The van der Waals surface area contributed by atoms with Gasteiger partial charge >= 0.3 is 0 Å². The van der Waals surface area contributed by atoms with Crippen molar-refractivity contribution < 1.29 is 19.1 Å². The molecule has 2 aromatic rings. The van der Waals surface area contributed by atoms with E-state index in [1.54, 1.807) is 37.3 Å². The van der Waals surface area contributed by atoms with Crippen LogP contribution in [-0.4, -0.2) is 44.0 Å². The third-order valence-corrected chi connectivity index (χ3v) is 5.21. The molecular formula is C23H28N2O4. The highest BCUT2D eigenvalue weighted by molar-refractivity contribution is 5.97. The van der Waals surface area contributed by atoms with Crippen LogP contribution in [0.2, 0.25) is 0 Å². The number of likely N-dealkylation sites (tertiary alicyclic amines) is 1. The van der Waals surface area contributed by atoms with Crippen LogP contribution in [0.5, 0.6) is 11.5 Å². The van der Waals surface area contributed by atoms with Crippen molar-refractivity contribution in [3.8, 4) is 11.5 Å². The summed E-state index contributed by atoms with van der Waals surface area (Å²) in [6.45, 7) is 5.04. The largest absolute Gasteiger partial charge is 0.497 e. The number of nitrogens with zero attached hydrogens (tertiary/aromatic N) is 1. The van der Waals surface area contributed by atoms with Crippen molar-refractivity contribution in [1.82, 2.24) is 4.90 Å². The maximum absolute atomic E-state index is 13.0. The zero-order valence-electron chi connectivity index (χ0n) is 17.5. The van der Waals surface area contributed by atoms with E-state index in [4.69, 9.17) is 9.47 Å². The lowest BCUT2D eigenvalue weighted by Crippen LogP contribution is -2.43. The molecule has 1 aliphatic heterocycles. The van der Waals surface area contributed by atoms with Crippen molar-refractivity contribution in [2.24, 2.45) is 5.92 Å². The molecule has 3 rings (SSSR count). The second-order valence-corrected chi connectivity index (χ2v) is 7.52. The van der Waals surface area contributed by atoms with Crippen LogP contribution in [-0.2, 0) is 4.79 Å². The summed E-state index contributed by atoms with van der Waals surface area (Å²) < 4.78 is 10.6. The van der Waals surface area contributed by atoms with Crippen molar-refractivity contribution in [2.75, 3.05) is 32.6 Å². The lowest BCUT2D eigenvalue weighted by Gasteiger charge is -2.32. The highest BCUT2D eigenvalue weighted by atomic mass is 16.5. The minimum Gasteiger partial charge on any atom is -0.497 e. The number of ether oxygens (including phenoxy) is 2. The number of benzene rings is 2. The Morgan fingerprint density at radius 2 is 1.76 bits per heavy atom. The van der Waals surface area contributed by atoms with E-state index in [1.165, 1.54) is 0 Å². The van der Waals surface area contributed by atoms with Gasteiger partial charge in [-0.05, 0) is 51.0 Å². The lowest BCUT2D eigenvalue weighted by molar-refractivity contribution is -0.121. The van der Waals surface area contributed by atoms with Crippen LogP contribution in [0, 0.1) is 19.8 Å². The molecule has 154 valence electrons. The first-order valence-corrected chi connectivity index (χ1v) is 9.81. The van der Waals surface area contributed by atoms with Gasteiger partial charge in [-0.15, -0.1) is 0 Å². The predicted octanol–water partition coefficient (Wildman–Crippen LogP) is 3.81. The standard InChI is InChI=1S/C23H28N2O4/c1-15-10-16(2)12-18(11-15)23(27)25-9-5-6-17(14-25)22(26)24-20-13-19(28-3)7-8-21(20)29-4/h7-8,10-13,17H,5-6,9,14H2,1-4H3,(H,24,26)/t17-/m1/s1. The van der Waals surface area contributed by atoms with Crippen LogP contribution in [0.4, 0.5) is 5.69 Å². The molecule has 0 bridgehead atoms. The van der Waals surface area contributed by atoms with Crippen LogP contribution in [0.15, 0.2) is 36.4 Å². The van der Waals surface area contributed by atoms with Crippen LogP contribution >= 0.6 is 0 Å². The molecule has 1 atom stereocenters. The summed E-state index contributed by atoms with van der Waals surface area (Å²) in [5.41, 5.74) is 3.36. The van der Waals surface area contributed by atoms with Crippen molar-refractivity contribution in [1.29, 1.82) is 0 Å². The number of amides is 2. The Kier molecular flexibility index (Phi) is 6.42. The summed E-state index contributed by atoms with van der Waals surface area (Å²) in [6.07, 6.45) is 1.54. The first kappa shape index (κ1) is 20.7. The van der Waals surface area contributed by atoms with E-state index in [1.807, 2.05) is 32.0 Å². The van der Waals surface area contributed by atoms with Gasteiger partial charge in [-0.2, -0.15) is 0 Å². The minimum absolute atomic E-state index is 0.0201. The van der Waals surface area contributed by atoms with E-state index in [9.17, 15) is 9.59 Å². The van der Waals surface area contributed by atoms with E-state index in [2.05, 4.69) is 5.32 Å². The third-order valence-electron chi connectivity index (χ3n) is 5.21. The summed E-state index contributed by atoms with van der Waals surface area (Å²) in [5.74, 6) is 0.798. The number of anilines is 1. The summed E-state index contributed by atoms with van der Waals surface area (Å²) in [6, 6.07) is 11.1. The molecule has 29 heavy (non-hydrogen) atoms. The van der Waals surface area contributed by atoms with E-state index < -0.39 is 0 Å². The fourth-order valence-corrected chi connectivity index (χ4v) is 3.80. The number of piperidine rings is 1. The van der Waals surface area contributed by atoms with E-state index >= 15 is 0 Å². The summed E-state index contributed by atoms with van der Waals surface area (Å²) >= 11 is 0. The van der Waals surface area contributed by atoms with Gasteiger partial charge in [-0.3, -0.25) is 9.59 Å². The van der Waals surface area contributed by atoms with Crippen LogP contribution in [0.25, 0.3) is 0 Å². The van der Waals surface area contributed by atoms with Gasteiger partial charge in [0, 0.05) is 24.7 Å². The monoisotopic (exact) mass is 396 g/mol. The first-order valence-electron chi connectivity index (χ1n) is 9.81. The molecule has 0 radical (unpaired) electrons. The number of methoxy groups -OCH3 is 2. The first-order chi connectivity index (χ1) is 13.9. The fourth-order valence-electron chi connectivity index (χ4n) is 3.80. The Morgan fingerprint density at radius 1 is 1.03 bits per heavy atom. The Morgan fingerprint density at radius 3 is 2.41 bits per heavy atom. The zero-order valence-corrected chi connectivity index (χ0v) is 17.5. The number of carbonyl (C=O) groups is 2. The van der Waals surface area contributed by atoms with Crippen molar-refractivity contribution in [2.45, 2.75) is 26.7 Å². The molecule has 6 nitrogen and oxygen atoms in total. The van der Waals surface area contributed by atoms with E-state index in [-0.39, 0.29) is 17.7 Å². The second-order valence-electron chi connectivity index (χ2n) is 7.52. The molecular weight excluding hydrogens is 368 g/mol. The van der Waals surface area contributed by atoms with Crippen molar-refractivity contribution in [3.05, 3.63) is 53.1 Å². The topological polar surface area (TPSA) is 67.9 Å². The molecule has 1 heterocycles. The smallest absolute Gasteiger partial charge is 0.253 e. The highest BCUT2D eigenvalue weighted by Gasteiger charge is 2.29. The van der Waals surface area contributed by atoms with E-state index in [0.29, 0.717) is 35.8 Å². The zero-order chi connectivity index (χ0) is 21.0. The average molecular weight is 396 g/mol. The summed E-state index contributed by atoms with van der Waals surface area (Å²) in [4.78, 5) is 27.7. The van der Waals surface area contributed by atoms with Gasteiger partial charge in [-0.25, -0.2) is 0 Å². The van der Waals surface area contributed by atoms with Crippen molar-refractivity contribution >= 4 is 17.5 Å². The highest BCUT2D eigenvalue weighted by Crippen LogP contribution is 2.30. The number of nitrogens with one attached hydrogen (secondary N) is 1. The van der Waals surface area contributed by atoms with Crippen molar-refractivity contribution in [3.63, 3.8) is 0 Å². The van der Waals surface area contributed by atoms with Crippen LogP contribution in [0.3, 0.4) is 0 Å². The normalized spacial score (nSPS) is 16.3. The number of rotatable bonds is 5. The van der Waals surface area contributed by atoms with Crippen LogP contribution in [0.1, 0.15) is 34.3 Å². The van der Waals surface area contributed by atoms with Gasteiger partial charge in [0.05, 0.1) is 25.8 Å². The average Bonchev–Trinajstić information content (AvgIpc) is 2.72. The SMILES string of the molecule is COc1ccc(OC)c(NC(=O)[C@@H]2CCCN(C(=O)c3cc(C)cc(C)c3)C2)c1. The molecule has 0 unspecified atom stereocenters. The Hall–Kier alpha value is -3.02. The van der Waals surface area contributed by atoms with Gasteiger partial charge in [0.2, 0.25) is 5.91 Å². The summed E-state index contributed by atoms with van der Waals surface area (Å²) in [5, 5.41) is 2.94. The van der Waals surface area contributed by atoms with Gasteiger partial charge in [-0.1, -0.05) is 17.2 Å². The molecule has 0 aliphatic carbocycles. The Bertz CT molecular complexity index is 889. The molecule has 0 aromatic heterocycles. The van der Waals surface area contributed by atoms with Gasteiger partial charge in [0.15, 0.2) is 0 Å². The second kappa shape index (κ2) is 8.99. The van der Waals surface area contributed by atoms with Gasteiger partial charge in [0.25, 0.3) is 5.91 Å². The van der Waals surface area contributed by atoms with Gasteiger partial charge < -0.3 is 19.7 Å². The fraction of sp³-hybridized carbons (Fsp3) is 0.391. The van der Waals surface area contributed by atoms with Crippen LogP contribution < -0.4 is 14.8 Å². The molecule has 2 amide bonds. The molecule has 2 aromatic carbocycles. The predicted molar refractivity (Wildman–Crippen MR) is 113 cm³/mol. The number of aryl methyl sites for hydroxylation is 2. The number of hydrogen-bond acceptors (Lipinski definition) is 4. The van der Waals surface area contributed by atoms with E-state index in [0.717, 1.165) is 24.0 Å². The maximum Gasteiger partial charge on any atom is 0.253 e. The molecule has 0 saturated carbocycles. The third kappa shape index (κ3) is 4.88. The number of hydrogen-bond donors (Lipinski definition) is 1. The number of carbonyl (C=O) groups excluding carboxylic acids is 2. The molecule has 1 fully saturated rings. The molecule has 1 N–H and O–H groups in total. The van der Waals surface area contributed by atoms with Gasteiger partial charge in [0.1, 0.15) is 11.5 Å². The molecule has 0 spiro atoms. The minimum atomic E-state index is -0.269. The molecule has 1 aliphatic rings. The Balaban J connectivity index is 1.72. The lowest BCUT2D eigenvalue weighted by atomic mass is 9.96.